The van der Waals surface area contributed by atoms with E-state index in [2.05, 4.69) is 15.3 Å². The van der Waals surface area contributed by atoms with Crippen molar-refractivity contribution >= 4 is 17.4 Å². The van der Waals surface area contributed by atoms with Crippen molar-refractivity contribution in [3.63, 3.8) is 0 Å². The molecule has 0 saturated carbocycles. The average molecular weight is 274 g/mol. The van der Waals surface area contributed by atoms with Crippen molar-refractivity contribution < 1.29 is 14.3 Å². The van der Waals surface area contributed by atoms with Gasteiger partial charge in [0.15, 0.2) is 0 Å². The Morgan fingerprint density at radius 2 is 1.80 bits per heavy atom. The first-order valence-electron chi connectivity index (χ1n) is 5.74. The molecule has 7 nitrogen and oxygen atoms in total. The van der Waals surface area contributed by atoms with E-state index < -0.39 is 5.91 Å². The lowest BCUT2D eigenvalue weighted by Crippen LogP contribution is -2.15. The molecule has 0 aliphatic carbocycles. The number of carbonyl (C=O) groups is 1. The number of nitrogens with two attached hydrogens (primary N) is 1. The Morgan fingerprint density at radius 3 is 2.35 bits per heavy atom. The zero-order valence-corrected chi connectivity index (χ0v) is 11.1. The second kappa shape index (κ2) is 5.87. The quantitative estimate of drug-likeness (QED) is 0.872. The summed E-state index contributed by atoms with van der Waals surface area (Å²) in [5.74, 6) is 0.901. The summed E-state index contributed by atoms with van der Waals surface area (Å²) in [6, 6.07) is 5.04. The third-order valence-electron chi connectivity index (χ3n) is 2.50. The number of nitrogen functional groups attached to an aromatic ring is 1. The highest BCUT2D eigenvalue weighted by Gasteiger charge is 2.10. The van der Waals surface area contributed by atoms with Gasteiger partial charge in [-0.15, -0.1) is 0 Å². The van der Waals surface area contributed by atoms with Gasteiger partial charge in [-0.25, -0.2) is 4.98 Å². The average Bonchev–Trinajstić information content (AvgIpc) is 2.46. The molecule has 0 saturated heterocycles. The van der Waals surface area contributed by atoms with Gasteiger partial charge in [-0.2, -0.15) is 0 Å². The lowest BCUT2D eigenvalue weighted by molar-refractivity contribution is 0.102. The number of benzene rings is 1. The van der Waals surface area contributed by atoms with Crippen molar-refractivity contribution in [1.29, 1.82) is 0 Å². The summed E-state index contributed by atoms with van der Waals surface area (Å²) in [4.78, 5) is 19.7. The Labute approximate surface area is 115 Å². The van der Waals surface area contributed by atoms with Gasteiger partial charge in [0.05, 0.1) is 26.6 Å². The number of hydrogen-bond donors (Lipinski definition) is 2. The molecule has 0 atom stereocenters. The maximum atomic E-state index is 12.0. The molecule has 2 aromatic rings. The monoisotopic (exact) mass is 274 g/mol. The molecule has 7 heteroatoms. The summed E-state index contributed by atoms with van der Waals surface area (Å²) >= 11 is 0. The van der Waals surface area contributed by atoms with Crippen molar-refractivity contribution in [2.45, 2.75) is 0 Å². The number of rotatable bonds is 4. The molecule has 0 fully saturated rings. The van der Waals surface area contributed by atoms with E-state index >= 15 is 0 Å². The summed E-state index contributed by atoms with van der Waals surface area (Å²) in [5.41, 5.74) is 6.14. The molecule has 20 heavy (non-hydrogen) atoms. The Morgan fingerprint density at radius 1 is 1.15 bits per heavy atom. The second-order valence-electron chi connectivity index (χ2n) is 3.88. The number of anilines is 2. The number of ether oxygens (including phenoxy) is 2. The highest BCUT2D eigenvalue weighted by molar-refractivity contribution is 6.03. The van der Waals surface area contributed by atoms with Gasteiger partial charge in [0.1, 0.15) is 23.0 Å². The maximum absolute atomic E-state index is 12.0. The lowest BCUT2D eigenvalue weighted by atomic mass is 10.2. The van der Waals surface area contributed by atoms with Gasteiger partial charge in [-0.1, -0.05) is 0 Å². The molecular weight excluding hydrogens is 260 g/mol. The van der Waals surface area contributed by atoms with Gasteiger partial charge in [0, 0.05) is 23.9 Å². The van der Waals surface area contributed by atoms with Crippen molar-refractivity contribution in [3.8, 4) is 11.5 Å². The summed E-state index contributed by atoms with van der Waals surface area (Å²) < 4.78 is 10.2. The van der Waals surface area contributed by atoms with E-state index in [1.165, 1.54) is 26.6 Å². The molecule has 0 aliphatic heterocycles. The number of methoxy groups -OCH3 is 2. The Balaban J connectivity index is 2.23. The first-order valence-corrected chi connectivity index (χ1v) is 5.74. The van der Waals surface area contributed by atoms with Crippen LogP contribution in [0, 0.1) is 0 Å². The molecule has 0 bridgehead atoms. The SMILES string of the molecule is COc1cc(NC(=O)c2cncc(N)n2)cc(OC)c1. The molecule has 2 rings (SSSR count). The van der Waals surface area contributed by atoms with E-state index in [0.29, 0.717) is 17.2 Å². The topological polar surface area (TPSA) is 99.4 Å². The Kier molecular flexibility index (Phi) is 3.99. The summed E-state index contributed by atoms with van der Waals surface area (Å²) in [5, 5.41) is 2.68. The molecule has 1 aromatic heterocycles. The summed E-state index contributed by atoms with van der Waals surface area (Å²) in [6.07, 6.45) is 2.70. The third-order valence-corrected chi connectivity index (χ3v) is 2.50. The molecule has 104 valence electrons. The second-order valence-corrected chi connectivity index (χ2v) is 3.88. The van der Waals surface area contributed by atoms with E-state index in [1.807, 2.05) is 0 Å². The predicted molar refractivity (Wildman–Crippen MR) is 73.9 cm³/mol. The number of carbonyl (C=O) groups excluding carboxylic acids is 1. The van der Waals surface area contributed by atoms with Crippen LogP contribution in [0.15, 0.2) is 30.6 Å². The van der Waals surface area contributed by atoms with Crippen LogP contribution in [-0.2, 0) is 0 Å². The minimum Gasteiger partial charge on any atom is -0.497 e. The zero-order chi connectivity index (χ0) is 14.5. The molecule has 1 heterocycles. The first-order chi connectivity index (χ1) is 9.62. The van der Waals surface area contributed by atoms with Crippen LogP contribution in [0.3, 0.4) is 0 Å². The van der Waals surface area contributed by atoms with Crippen LogP contribution in [-0.4, -0.2) is 30.1 Å². The molecule has 0 unspecified atom stereocenters. The van der Waals surface area contributed by atoms with Crippen molar-refractivity contribution in [1.82, 2.24) is 9.97 Å². The molecule has 3 N–H and O–H groups in total. The van der Waals surface area contributed by atoms with Gasteiger partial charge in [0.2, 0.25) is 0 Å². The number of nitrogens with one attached hydrogen (secondary N) is 1. The Hall–Kier alpha value is -2.83. The molecule has 0 spiro atoms. The molecular formula is C13H14N4O3. The van der Waals surface area contributed by atoms with E-state index in [9.17, 15) is 4.79 Å². The largest absolute Gasteiger partial charge is 0.497 e. The summed E-state index contributed by atoms with van der Waals surface area (Å²) in [6.45, 7) is 0. The van der Waals surface area contributed by atoms with Crippen LogP contribution in [0.25, 0.3) is 0 Å². The van der Waals surface area contributed by atoms with Gasteiger partial charge in [-0.3, -0.25) is 9.78 Å². The fourth-order valence-corrected chi connectivity index (χ4v) is 1.57. The van der Waals surface area contributed by atoms with Crippen LogP contribution < -0.4 is 20.5 Å². The fraction of sp³-hybridized carbons (Fsp3) is 0.154. The Bertz CT molecular complexity index is 609. The minimum absolute atomic E-state index is 0.131. The van der Waals surface area contributed by atoms with Crippen molar-refractivity contribution in [3.05, 3.63) is 36.3 Å². The highest BCUT2D eigenvalue weighted by Crippen LogP contribution is 2.25. The smallest absolute Gasteiger partial charge is 0.275 e. The van der Waals surface area contributed by atoms with Crippen LogP contribution in [0.4, 0.5) is 11.5 Å². The number of aromatic nitrogens is 2. The van der Waals surface area contributed by atoms with Crippen LogP contribution in [0.2, 0.25) is 0 Å². The van der Waals surface area contributed by atoms with Crippen LogP contribution in [0.5, 0.6) is 11.5 Å². The standard InChI is InChI=1S/C13H14N4O3/c1-19-9-3-8(4-10(5-9)20-2)16-13(18)11-6-15-7-12(14)17-11/h3-7H,1-2H3,(H2,14,17)(H,16,18). The van der Waals surface area contributed by atoms with Gasteiger partial charge in [-0.05, 0) is 0 Å². The minimum atomic E-state index is -0.417. The summed E-state index contributed by atoms with van der Waals surface area (Å²) in [7, 11) is 3.06. The van der Waals surface area contributed by atoms with Gasteiger partial charge < -0.3 is 20.5 Å². The van der Waals surface area contributed by atoms with Gasteiger partial charge >= 0.3 is 0 Å². The fourth-order valence-electron chi connectivity index (χ4n) is 1.57. The van der Waals surface area contributed by atoms with Crippen LogP contribution >= 0.6 is 0 Å². The van der Waals surface area contributed by atoms with Crippen molar-refractivity contribution in [2.24, 2.45) is 0 Å². The molecule has 1 aromatic carbocycles. The third kappa shape index (κ3) is 3.14. The highest BCUT2D eigenvalue weighted by atomic mass is 16.5. The number of nitrogens with zero attached hydrogens (tertiary/aromatic N) is 2. The normalized spacial score (nSPS) is 9.90. The van der Waals surface area contributed by atoms with E-state index in [-0.39, 0.29) is 11.5 Å². The zero-order valence-electron chi connectivity index (χ0n) is 11.1. The molecule has 0 aliphatic rings. The maximum Gasteiger partial charge on any atom is 0.275 e. The lowest BCUT2D eigenvalue weighted by Gasteiger charge is -2.09. The van der Waals surface area contributed by atoms with E-state index in [0.717, 1.165) is 0 Å². The van der Waals surface area contributed by atoms with Gasteiger partial charge in [0.25, 0.3) is 5.91 Å². The number of hydrogen-bond acceptors (Lipinski definition) is 6. The first kappa shape index (κ1) is 13.6. The van der Waals surface area contributed by atoms with Crippen molar-refractivity contribution in [2.75, 3.05) is 25.3 Å². The predicted octanol–water partition coefficient (Wildman–Crippen LogP) is 1.33. The van der Waals surface area contributed by atoms with E-state index in [1.54, 1.807) is 18.2 Å². The number of amides is 1. The van der Waals surface area contributed by atoms with E-state index in [4.69, 9.17) is 15.2 Å². The molecule has 0 radical (unpaired) electrons. The van der Waals surface area contributed by atoms with Crippen LogP contribution in [0.1, 0.15) is 10.5 Å². The molecule has 1 amide bonds.